The minimum absolute atomic E-state index is 0.415. The van der Waals surface area contributed by atoms with Crippen molar-refractivity contribution in [2.24, 2.45) is 0 Å². The summed E-state index contributed by atoms with van der Waals surface area (Å²) in [6.45, 7) is 0.922. The van der Waals surface area contributed by atoms with Crippen LogP contribution in [-0.2, 0) is 11.4 Å². The Labute approximate surface area is 93.4 Å². The Bertz CT molecular complexity index is 287. The third kappa shape index (κ3) is 4.63. The van der Waals surface area contributed by atoms with Gasteiger partial charge in [0.2, 0.25) is 0 Å². The van der Waals surface area contributed by atoms with E-state index in [9.17, 15) is 0 Å². The topological polar surface area (TPSA) is 21.3 Å². The van der Waals surface area contributed by atoms with Crippen molar-refractivity contribution in [1.82, 2.24) is 5.48 Å². The molecule has 0 saturated heterocycles. The average Bonchev–Trinajstić information content (AvgIpc) is 2.25. The summed E-state index contributed by atoms with van der Waals surface area (Å²) < 4.78 is 0. The van der Waals surface area contributed by atoms with E-state index < -0.39 is 0 Å². The van der Waals surface area contributed by atoms with Crippen molar-refractivity contribution in [2.45, 2.75) is 6.61 Å². The number of nitrogens with one attached hydrogen (secondary N) is 1. The highest BCUT2D eigenvalue weighted by atomic mass is 35.5. The molecule has 0 fully saturated rings. The molecule has 1 N–H and O–H groups in total. The van der Waals surface area contributed by atoms with E-state index in [-0.39, 0.29) is 0 Å². The third-order valence-electron chi connectivity index (χ3n) is 1.54. The molecule has 1 aromatic rings. The first-order valence-corrected chi connectivity index (χ1v) is 4.97. The first-order chi connectivity index (χ1) is 6.83. The molecule has 0 unspecified atom stereocenters. The quantitative estimate of drug-likeness (QED) is 0.622. The van der Waals surface area contributed by atoms with Crippen LogP contribution in [0.1, 0.15) is 5.56 Å². The number of hydroxylamine groups is 1. The molecule has 0 atom stereocenters. The molecular weight excluding hydrogens is 221 g/mol. The van der Waals surface area contributed by atoms with Gasteiger partial charge in [-0.15, -0.1) is 0 Å². The van der Waals surface area contributed by atoms with E-state index in [2.05, 4.69) is 5.48 Å². The highest BCUT2D eigenvalue weighted by Crippen LogP contribution is 2.02. The Morgan fingerprint density at radius 1 is 1.36 bits per heavy atom. The lowest BCUT2D eigenvalue weighted by atomic mass is 10.2. The summed E-state index contributed by atoms with van der Waals surface area (Å²) in [5.41, 5.74) is 5.11. The van der Waals surface area contributed by atoms with Gasteiger partial charge in [0.15, 0.2) is 0 Å². The molecule has 2 nitrogen and oxygen atoms in total. The molecule has 0 aliphatic carbocycles. The van der Waals surface area contributed by atoms with Gasteiger partial charge in [0, 0.05) is 10.6 Å². The molecule has 0 bridgehead atoms. The molecule has 1 rings (SSSR count). The lowest BCUT2D eigenvalue weighted by Gasteiger charge is -2.04. The van der Waals surface area contributed by atoms with Crippen LogP contribution >= 0.6 is 23.2 Å². The monoisotopic (exact) mass is 231 g/mol. The molecule has 0 aliphatic heterocycles. The molecule has 0 radical (unpaired) electrons. The van der Waals surface area contributed by atoms with E-state index >= 15 is 0 Å². The zero-order chi connectivity index (χ0) is 10.2. The maximum Gasteiger partial charge on any atom is 0.0933 e. The first kappa shape index (κ1) is 11.5. The Balaban J connectivity index is 2.17. The molecule has 0 amide bonds. The first-order valence-electron chi connectivity index (χ1n) is 4.16. The van der Waals surface area contributed by atoms with Crippen LogP contribution in [0.15, 0.2) is 40.9 Å². The van der Waals surface area contributed by atoms with Gasteiger partial charge in [-0.1, -0.05) is 53.5 Å². The van der Waals surface area contributed by atoms with Gasteiger partial charge in [0.1, 0.15) is 0 Å². The molecule has 4 heteroatoms. The zero-order valence-electron chi connectivity index (χ0n) is 7.54. The number of hydrogen-bond acceptors (Lipinski definition) is 2. The summed E-state index contributed by atoms with van der Waals surface area (Å²) in [6, 6.07) is 9.86. The van der Waals surface area contributed by atoms with Crippen LogP contribution in [0.25, 0.3) is 0 Å². The van der Waals surface area contributed by atoms with Crippen molar-refractivity contribution < 1.29 is 4.84 Å². The fourth-order valence-electron chi connectivity index (χ4n) is 0.867. The van der Waals surface area contributed by atoms with Crippen molar-refractivity contribution in [3.05, 3.63) is 46.5 Å². The van der Waals surface area contributed by atoms with Crippen LogP contribution in [0.2, 0.25) is 0 Å². The highest BCUT2D eigenvalue weighted by Gasteiger charge is 1.93. The van der Waals surface area contributed by atoms with E-state index in [1.807, 2.05) is 30.3 Å². The fourth-order valence-corrected chi connectivity index (χ4v) is 0.999. The molecular formula is C10H11Cl2NO. The minimum atomic E-state index is 0.415. The summed E-state index contributed by atoms with van der Waals surface area (Å²) >= 11 is 11.0. The number of benzene rings is 1. The Morgan fingerprint density at radius 2 is 2.07 bits per heavy atom. The molecule has 1 aromatic carbocycles. The summed E-state index contributed by atoms with van der Waals surface area (Å²) in [6.07, 6.45) is 0. The Hall–Kier alpha value is -0.540. The lowest BCUT2D eigenvalue weighted by molar-refractivity contribution is 0.0346. The fraction of sp³-hybridized carbons (Fsp3) is 0.200. The van der Waals surface area contributed by atoms with Gasteiger partial charge in [0.05, 0.1) is 13.2 Å². The molecule has 0 aromatic heterocycles. The van der Waals surface area contributed by atoms with Crippen LogP contribution in [0.4, 0.5) is 0 Å². The maximum absolute atomic E-state index is 5.63. The van der Waals surface area contributed by atoms with Crippen LogP contribution in [0, 0.1) is 0 Å². The van der Waals surface area contributed by atoms with Gasteiger partial charge in [-0.3, -0.25) is 4.84 Å². The Kier molecular flexibility index (Phi) is 5.64. The predicted molar refractivity (Wildman–Crippen MR) is 59.0 cm³/mol. The second-order valence-electron chi connectivity index (χ2n) is 2.65. The van der Waals surface area contributed by atoms with Crippen molar-refractivity contribution in [3.8, 4) is 0 Å². The molecule has 0 heterocycles. The number of hydrogen-bond donors (Lipinski definition) is 1. The minimum Gasteiger partial charge on any atom is -0.297 e. The van der Waals surface area contributed by atoms with Crippen LogP contribution in [-0.4, -0.2) is 6.54 Å². The normalized spacial score (nSPS) is 11.7. The second kappa shape index (κ2) is 6.85. The summed E-state index contributed by atoms with van der Waals surface area (Å²) in [5, 5.41) is 0.514. The van der Waals surface area contributed by atoms with E-state index in [0.29, 0.717) is 18.2 Å². The van der Waals surface area contributed by atoms with E-state index in [0.717, 1.165) is 5.56 Å². The second-order valence-corrected chi connectivity index (χ2v) is 3.36. The summed E-state index contributed by atoms with van der Waals surface area (Å²) in [5.74, 6) is 0. The smallest absolute Gasteiger partial charge is 0.0933 e. The number of halogens is 2. The van der Waals surface area contributed by atoms with Crippen molar-refractivity contribution in [1.29, 1.82) is 0 Å². The lowest BCUT2D eigenvalue weighted by Crippen LogP contribution is -2.15. The van der Waals surface area contributed by atoms with Crippen LogP contribution in [0.3, 0.4) is 0 Å². The van der Waals surface area contributed by atoms with Crippen LogP contribution in [0.5, 0.6) is 0 Å². The summed E-state index contributed by atoms with van der Waals surface area (Å²) in [4.78, 5) is 5.16. The van der Waals surface area contributed by atoms with Gasteiger partial charge in [-0.2, -0.15) is 5.48 Å². The molecule has 0 aliphatic rings. The summed E-state index contributed by atoms with van der Waals surface area (Å²) in [7, 11) is 0. The third-order valence-corrected chi connectivity index (χ3v) is 2.16. The molecule has 0 saturated carbocycles. The van der Waals surface area contributed by atoms with E-state index in [4.69, 9.17) is 28.0 Å². The maximum atomic E-state index is 5.63. The van der Waals surface area contributed by atoms with Crippen molar-refractivity contribution >= 4 is 23.2 Å². The molecule has 76 valence electrons. The van der Waals surface area contributed by atoms with Crippen molar-refractivity contribution in [3.63, 3.8) is 0 Å². The average molecular weight is 232 g/mol. The largest absolute Gasteiger partial charge is 0.297 e. The van der Waals surface area contributed by atoms with Gasteiger partial charge >= 0.3 is 0 Å². The van der Waals surface area contributed by atoms with E-state index in [1.54, 1.807) is 0 Å². The standard InChI is InChI=1S/C10H11Cl2NO/c11-6-10(12)7-13-14-8-9-4-2-1-3-5-9/h1-6,13H,7-8H2. The van der Waals surface area contributed by atoms with Gasteiger partial charge in [-0.05, 0) is 5.56 Å². The SMILES string of the molecule is ClC=C(Cl)CNOCc1ccccc1. The van der Waals surface area contributed by atoms with Gasteiger partial charge in [-0.25, -0.2) is 0 Å². The van der Waals surface area contributed by atoms with Gasteiger partial charge < -0.3 is 0 Å². The molecule has 0 spiro atoms. The molecule has 14 heavy (non-hydrogen) atoms. The zero-order valence-corrected chi connectivity index (χ0v) is 9.05. The predicted octanol–water partition coefficient (Wildman–Crippen LogP) is 3.03. The van der Waals surface area contributed by atoms with Crippen LogP contribution < -0.4 is 5.48 Å². The van der Waals surface area contributed by atoms with Gasteiger partial charge in [0.25, 0.3) is 0 Å². The van der Waals surface area contributed by atoms with E-state index in [1.165, 1.54) is 5.54 Å². The Morgan fingerprint density at radius 3 is 2.71 bits per heavy atom. The number of rotatable bonds is 5. The van der Waals surface area contributed by atoms with Crippen molar-refractivity contribution in [2.75, 3.05) is 6.54 Å². The highest BCUT2D eigenvalue weighted by molar-refractivity contribution is 6.36.